The Morgan fingerprint density at radius 1 is 1.07 bits per heavy atom. The van der Waals surface area contributed by atoms with E-state index in [1.807, 2.05) is 54.6 Å². The summed E-state index contributed by atoms with van der Waals surface area (Å²) in [6.45, 7) is 6.29. The molecule has 6 nitrogen and oxygen atoms in total. The zero-order chi connectivity index (χ0) is 20.9. The van der Waals surface area contributed by atoms with Crippen molar-refractivity contribution in [2.75, 3.05) is 6.54 Å². The average Bonchev–Trinajstić information content (AvgIpc) is 3.16. The van der Waals surface area contributed by atoms with Crippen LogP contribution in [0.5, 0.6) is 5.75 Å². The predicted octanol–water partition coefficient (Wildman–Crippen LogP) is 4.19. The van der Waals surface area contributed by atoms with Crippen LogP contribution < -0.4 is 10.1 Å². The lowest BCUT2D eigenvalue weighted by atomic mass is 9.92. The molecule has 1 fully saturated rings. The number of nitrogens with one attached hydrogen (secondary N) is 1. The number of esters is 1. The molecule has 2 atom stereocenters. The van der Waals surface area contributed by atoms with Gasteiger partial charge in [0.25, 0.3) is 0 Å². The lowest BCUT2D eigenvalue weighted by molar-refractivity contribution is -0.143. The van der Waals surface area contributed by atoms with Crippen LogP contribution in [-0.2, 0) is 20.9 Å². The van der Waals surface area contributed by atoms with Gasteiger partial charge in [0.15, 0.2) is 0 Å². The second-order valence-corrected chi connectivity index (χ2v) is 8.06. The Morgan fingerprint density at radius 3 is 2.55 bits per heavy atom. The van der Waals surface area contributed by atoms with Crippen LogP contribution in [0.4, 0.5) is 4.79 Å². The van der Waals surface area contributed by atoms with Gasteiger partial charge in [-0.1, -0.05) is 42.5 Å². The number of carbonyl (C=O) groups excluding carboxylic acids is 2. The Hall–Kier alpha value is -2.86. The summed E-state index contributed by atoms with van der Waals surface area (Å²) >= 11 is 0. The van der Waals surface area contributed by atoms with E-state index < -0.39 is 23.8 Å². The lowest BCUT2D eigenvalue weighted by Gasteiger charge is -2.21. The molecular weight excluding hydrogens is 370 g/mol. The fourth-order valence-corrected chi connectivity index (χ4v) is 3.30. The molecule has 3 rings (SSSR count). The minimum atomic E-state index is -0.977. The zero-order valence-electron chi connectivity index (χ0n) is 17.0. The van der Waals surface area contributed by atoms with E-state index in [9.17, 15) is 9.59 Å². The van der Waals surface area contributed by atoms with Crippen molar-refractivity contribution in [3.8, 4) is 5.75 Å². The van der Waals surface area contributed by atoms with Crippen LogP contribution >= 0.6 is 0 Å². The molecule has 0 radical (unpaired) electrons. The van der Waals surface area contributed by atoms with Gasteiger partial charge in [-0.15, -0.1) is 0 Å². The molecule has 6 heteroatoms. The molecule has 0 aromatic heterocycles. The maximum Gasteiger partial charge on any atom is 0.516 e. The van der Waals surface area contributed by atoms with E-state index in [1.54, 1.807) is 20.8 Å². The van der Waals surface area contributed by atoms with Gasteiger partial charge in [0.1, 0.15) is 24.0 Å². The van der Waals surface area contributed by atoms with Crippen molar-refractivity contribution >= 4 is 12.1 Å². The van der Waals surface area contributed by atoms with Crippen molar-refractivity contribution in [1.82, 2.24) is 5.32 Å². The molecule has 1 aliphatic rings. The quantitative estimate of drug-likeness (QED) is 0.602. The molecule has 1 saturated heterocycles. The van der Waals surface area contributed by atoms with E-state index in [2.05, 4.69) is 5.32 Å². The second-order valence-electron chi connectivity index (χ2n) is 8.06. The van der Waals surface area contributed by atoms with E-state index in [0.717, 1.165) is 23.3 Å². The second kappa shape index (κ2) is 9.09. The molecule has 2 aromatic carbocycles. The van der Waals surface area contributed by atoms with Crippen LogP contribution in [-0.4, -0.2) is 30.3 Å². The molecule has 0 aliphatic carbocycles. The van der Waals surface area contributed by atoms with E-state index in [0.29, 0.717) is 13.2 Å². The maximum atomic E-state index is 12.5. The van der Waals surface area contributed by atoms with E-state index in [1.165, 1.54) is 0 Å². The summed E-state index contributed by atoms with van der Waals surface area (Å²) < 4.78 is 15.9. The van der Waals surface area contributed by atoms with Gasteiger partial charge in [-0.3, -0.25) is 0 Å². The van der Waals surface area contributed by atoms with Gasteiger partial charge in [-0.2, -0.15) is 0 Å². The number of hydrogen-bond acceptors (Lipinski definition) is 6. The van der Waals surface area contributed by atoms with Crippen LogP contribution in [0.3, 0.4) is 0 Å². The number of benzene rings is 2. The van der Waals surface area contributed by atoms with Gasteiger partial charge >= 0.3 is 12.1 Å². The van der Waals surface area contributed by atoms with E-state index in [4.69, 9.17) is 14.2 Å². The molecule has 0 amide bonds. The van der Waals surface area contributed by atoms with Crippen LogP contribution in [0, 0.1) is 0 Å². The zero-order valence-corrected chi connectivity index (χ0v) is 17.0. The molecule has 0 unspecified atom stereocenters. The van der Waals surface area contributed by atoms with Gasteiger partial charge in [0, 0.05) is 5.92 Å². The topological polar surface area (TPSA) is 73.9 Å². The van der Waals surface area contributed by atoms with Crippen molar-refractivity contribution in [2.24, 2.45) is 0 Å². The van der Waals surface area contributed by atoms with Crippen molar-refractivity contribution in [1.29, 1.82) is 0 Å². The number of hydrogen-bond donors (Lipinski definition) is 1. The highest BCUT2D eigenvalue weighted by Crippen LogP contribution is 2.31. The third kappa shape index (κ3) is 6.06. The van der Waals surface area contributed by atoms with Crippen LogP contribution in [0.15, 0.2) is 54.6 Å². The molecule has 154 valence electrons. The summed E-state index contributed by atoms with van der Waals surface area (Å²) in [4.78, 5) is 24.3. The molecule has 1 aliphatic heterocycles. The summed E-state index contributed by atoms with van der Waals surface area (Å²) in [5, 5.41) is 3.13. The molecule has 0 bridgehead atoms. The SMILES string of the molecule is CC(C)(C)OC(=O)OC(=O)[C@H]1NCC[C@@H]1c1cccc(OCc2ccccc2)c1. The Kier molecular flexibility index (Phi) is 6.54. The fourth-order valence-electron chi connectivity index (χ4n) is 3.30. The van der Waals surface area contributed by atoms with Crippen molar-refractivity contribution < 1.29 is 23.8 Å². The molecule has 0 spiro atoms. The molecule has 2 aromatic rings. The summed E-state index contributed by atoms with van der Waals surface area (Å²) in [5.74, 6) is 0.0000757. The Labute approximate surface area is 171 Å². The fraction of sp³-hybridized carbons (Fsp3) is 0.391. The minimum absolute atomic E-state index is 0.106. The van der Waals surface area contributed by atoms with Gasteiger partial charge in [0.2, 0.25) is 0 Å². The number of carbonyl (C=O) groups is 2. The summed E-state index contributed by atoms with van der Waals surface area (Å²) in [5.41, 5.74) is 1.33. The largest absolute Gasteiger partial charge is 0.516 e. The molecule has 0 saturated carbocycles. The van der Waals surface area contributed by atoms with Crippen molar-refractivity contribution in [3.63, 3.8) is 0 Å². The third-order valence-corrected chi connectivity index (χ3v) is 4.58. The van der Waals surface area contributed by atoms with Gasteiger partial charge in [-0.25, -0.2) is 9.59 Å². The van der Waals surface area contributed by atoms with Gasteiger partial charge in [-0.05, 0) is 57.0 Å². The molecule has 1 heterocycles. The average molecular weight is 397 g/mol. The highest BCUT2D eigenvalue weighted by molar-refractivity contribution is 5.86. The monoisotopic (exact) mass is 397 g/mol. The molecular formula is C23H27NO5. The lowest BCUT2D eigenvalue weighted by Crippen LogP contribution is -2.38. The summed E-state index contributed by atoms with van der Waals surface area (Å²) in [6.07, 6.45) is -0.217. The Morgan fingerprint density at radius 2 is 1.83 bits per heavy atom. The first-order valence-electron chi connectivity index (χ1n) is 9.76. The first-order chi connectivity index (χ1) is 13.8. The van der Waals surface area contributed by atoms with Crippen LogP contribution in [0.1, 0.15) is 44.2 Å². The maximum absolute atomic E-state index is 12.5. The van der Waals surface area contributed by atoms with Crippen molar-refractivity contribution in [3.05, 3.63) is 65.7 Å². The predicted molar refractivity (Wildman–Crippen MR) is 109 cm³/mol. The highest BCUT2D eigenvalue weighted by Gasteiger charge is 2.37. The Balaban J connectivity index is 1.64. The Bertz CT molecular complexity index is 844. The molecule has 29 heavy (non-hydrogen) atoms. The smallest absolute Gasteiger partial charge is 0.489 e. The normalized spacial score (nSPS) is 18.9. The molecule has 1 N–H and O–H groups in total. The first-order valence-corrected chi connectivity index (χ1v) is 9.76. The van der Waals surface area contributed by atoms with Crippen molar-refractivity contribution in [2.45, 2.75) is 51.4 Å². The number of ether oxygens (including phenoxy) is 3. The van der Waals surface area contributed by atoms with E-state index >= 15 is 0 Å². The highest BCUT2D eigenvalue weighted by atomic mass is 16.7. The van der Waals surface area contributed by atoms with Crippen LogP contribution in [0.2, 0.25) is 0 Å². The minimum Gasteiger partial charge on any atom is -0.489 e. The standard InChI is InChI=1S/C23H27NO5/c1-23(2,3)29-22(26)28-21(25)20-19(12-13-24-20)17-10-7-11-18(14-17)27-15-16-8-5-4-6-9-16/h4-11,14,19-20,24H,12-13,15H2,1-3H3/t19-,20+/m1/s1. The van der Waals surface area contributed by atoms with E-state index in [-0.39, 0.29) is 5.92 Å². The van der Waals surface area contributed by atoms with Gasteiger partial charge in [0.05, 0.1) is 0 Å². The summed E-state index contributed by atoms with van der Waals surface area (Å²) in [6, 6.07) is 17.0. The third-order valence-electron chi connectivity index (χ3n) is 4.58. The first kappa shape index (κ1) is 20.9. The summed E-state index contributed by atoms with van der Waals surface area (Å²) in [7, 11) is 0. The number of rotatable bonds is 5. The van der Waals surface area contributed by atoms with Crippen LogP contribution in [0.25, 0.3) is 0 Å². The van der Waals surface area contributed by atoms with Gasteiger partial charge < -0.3 is 19.5 Å².